The second-order valence-electron chi connectivity index (χ2n) is 8.42. The maximum absolute atomic E-state index is 14.0. The monoisotopic (exact) mass is 517 g/mol. The van der Waals surface area contributed by atoms with E-state index in [0.717, 1.165) is 36.2 Å². The van der Waals surface area contributed by atoms with Crippen LogP contribution in [0, 0.1) is 5.82 Å². The first kappa shape index (κ1) is 24.3. The molecule has 2 N–H and O–H groups in total. The zero-order chi connectivity index (χ0) is 19.9. The van der Waals surface area contributed by atoms with Gasteiger partial charge in [-0.2, -0.15) is 0 Å². The molecule has 0 radical (unpaired) electrons. The van der Waals surface area contributed by atoms with Crippen LogP contribution >= 0.6 is 24.0 Å². The minimum atomic E-state index is -0.149. The van der Waals surface area contributed by atoms with Crippen molar-refractivity contribution in [1.82, 2.24) is 20.4 Å². The van der Waals surface area contributed by atoms with Crippen molar-refractivity contribution in [2.75, 3.05) is 33.7 Å². The lowest BCUT2D eigenvalue weighted by Crippen LogP contribution is -2.45. The number of hydrogen-bond donors (Lipinski definition) is 2. The predicted octanol–water partition coefficient (Wildman–Crippen LogP) is 3.58. The molecule has 1 aliphatic heterocycles. The summed E-state index contributed by atoms with van der Waals surface area (Å²) < 4.78 is 14.0. The third-order valence-electron chi connectivity index (χ3n) is 5.76. The Labute approximate surface area is 192 Å². The van der Waals surface area contributed by atoms with Crippen LogP contribution in [-0.4, -0.2) is 61.6 Å². The molecule has 3 rings (SSSR count). The lowest BCUT2D eigenvalue weighted by Gasteiger charge is -2.24. The SMILES string of the molecule is CCNC(=NCc1ccc(F)c(CN(C)C)c1)NC1CCN(C2CCCC2)C1.I. The van der Waals surface area contributed by atoms with Gasteiger partial charge in [-0.15, -0.1) is 24.0 Å². The van der Waals surface area contributed by atoms with Gasteiger partial charge in [-0.1, -0.05) is 18.9 Å². The highest BCUT2D eigenvalue weighted by Crippen LogP contribution is 2.26. The maximum Gasteiger partial charge on any atom is 0.191 e. The summed E-state index contributed by atoms with van der Waals surface area (Å²) in [4.78, 5) is 9.39. The number of hydrogen-bond acceptors (Lipinski definition) is 3. The molecular weight excluding hydrogens is 480 g/mol. The Morgan fingerprint density at radius 1 is 1.24 bits per heavy atom. The van der Waals surface area contributed by atoms with Gasteiger partial charge in [0.25, 0.3) is 0 Å². The van der Waals surface area contributed by atoms with Crippen LogP contribution in [-0.2, 0) is 13.1 Å². The van der Waals surface area contributed by atoms with E-state index in [-0.39, 0.29) is 29.8 Å². The van der Waals surface area contributed by atoms with Crippen LogP contribution in [0.3, 0.4) is 0 Å². The molecule has 0 bridgehead atoms. The molecule has 1 saturated carbocycles. The van der Waals surface area contributed by atoms with Crippen molar-refractivity contribution < 1.29 is 4.39 Å². The average molecular weight is 517 g/mol. The van der Waals surface area contributed by atoms with Crippen molar-refractivity contribution in [3.8, 4) is 0 Å². The van der Waals surface area contributed by atoms with E-state index in [0.29, 0.717) is 19.1 Å². The van der Waals surface area contributed by atoms with Gasteiger partial charge in [0.2, 0.25) is 0 Å². The fourth-order valence-corrected chi connectivity index (χ4v) is 4.38. The van der Waals surface area contributed by atoms with Crippen LogP contribution in [0.15, 0.2) is 23.2 Å². The summed E-state index contributed by atoms with van der Waals surface area (Å²) >= 11 is 0. The Kier molecular flexibility index (Phi) is 10.1. The van der Waals surface area contributed by atoms with Crippen LogP contribution in [0.1, 0.15) is 50.2 Å². The highest BCUT2D eigenvalue weighted by molar-refractivity contribution is 14.0. The second kappa shape index (κ2) is 12.1. The molecular formula is C22H37FIN5. The van der Waals surface area contributed by atoms with E-state index < -0.39 is 0 Å². The number of guanidine groups is 1. The molecule has 2 aliphatic rings. The molecule has 0 aromatic heterocycles. The summed E-state index contributed by atoms with van der Waals surface area (Å²) in [5.74, 6) is 0.712. The number of benzene rings is 1. The van der Waals surface area contributed by atoms with Crippen LogP contribution < -0.4 is 10.6 Å². The molecule has 29 heavy (non-hydrogen) atoms. The zero-order valence-corrected chi connectivity index (χ0v) is 20.4. The summed E-state index contributed by atoms with van der Waals surface area (Å²) in [6, 6.07) is 6.57. The van der Waals surface area contributed by atoms with E-state index >= 15 is 0 Å². The third kappa shape index (κ3) is 7.36. The van der Waals surface area contributed by atoms with Crippen molar-refractivity contribution >= 4 is 29.9 Å². The quantitative estimate of drug-likeness (QED) is 0.330. The van der Waals surface area contributed by atoms with E-state index in [1.807, 2.05) is 31.1 Å². The van der Waals surface area contributed by atoms with Crippen molar-refractivity contribution in [2.24, 2.45) is 4.99 Å². The lowest BCUT2D eigenvalue weighted by atomic mass is 10.1. The molecule has 164 valence electrons. The number of halogens is 2. The molecule has 1 aromatic carbocycles. The van der Waals surface area contributed by atoms with Gasteiger partial charge < -0.3 is 15.5 Å². The number of nitrogens with zero attached hydrogens (tertiary/aromatic N) is 3. The molecule has 1 aliphatic carbocycles. The van der Waals surface area contributed by atoms with Gasteiger partial charge in [-0.25, -0.2) is 9.38 Å². The van der Waals surface area contributed by atoms with Gasteiger partial charge in [0.05, 0.1) is 6.54 Å². The summed E-state index contributed by atoms with van der Waals surface area (Å²) in [5, 5.41) is 6.97. The van der Waals surface area contributed by atoms with Gasteiger partial charge in [-0.3, -0.25) is 4.90 Å². The first-order valence-electron chi connectivity index (χ1n) is 10.8. The Hall–Kier alpha value is -0.930. The number of nitrogens with one attached hydrogen (secondary N) is 2. The molecule has 0 amide bonds. The van der Waals surface area contributed by atoms with Crippen LogP contribution in [0.4, 0.5) is 4.39 Å². The van der Waals surface area contributed by atoms with E-state index in [4.69, 9.17) is 4.99 Å². The molecule has 5 nitrogen and oxygen atoms in total. The Balaban J connectivity index is 0.00000300. The number of aliphatic imine (C=N–C) groups is 1. The summed E-state index contributed by atoms with van der Waals surface area (Å²) in [6.07, 6.45) is 6.67. The molecule has 1 unspecified atom stereocenters. The highest BCUT2D eigenvalue weighted by atomic mass is 127. The fraction of sp³-hybridized carbons (Fsp3) is 0.682. The summed E-state index contributed by atoms with van der Waals surface area (Å²) in [5.41, 5.74) is 1.76. The molecule has 1 heterocycles. The standard InChI is InChI=1S/C22H36FN5.HI/c1-4-24-22(26-19-11-12-28(16-19)20-7-5-6-8-20)25-14-17-9-10-21(23)18(13-17)15-27(2)3;/h9-10,13,19-20H,4-8,11-12,14-16H2,1-3H3,(H2,24,25,26);1H. The third-order valence-corrected chi connectivity index (χ3v) is 5.76. The van der Waals surface area contributed by atoms with Gasteiger partial charge in [-0.05, 0) is 58.0 Å². The van der Waals surface area contributed by atoms with Crippen molar-refractivity contribution in [3.63, 3.8) is 0 Å². The average Bonchev–Trinajstić information content (AvgIpc) is 3.33. The minimum Gasteiger partial charge on any atom is -0.357 e. The minimum absolute atomic E-state index is 0. The number of likely N-dealkylation sites (tertiary alicyclic amines) is 1. The summed E-state index contributed by atoms with van der Waals surface area (Å²) in [6.45, 7) is 6.37. The Bertz CT molecular complexity index is 661. The first-order valence-corrected chi connectivity index (χ1v) is 10.8. The molecule has 7 heteroatoms. The van der Waals surface area contributed by atoms with Gasteiger partial charge in [0.15, 0.2) is 5.96 Å². The largest absolute Gasteiger partial charge is 0.357 e. The van der Waals surface area contributed by atoms with Crippen molar-refractivity contribution in [2.45, 2.75) is 64.2 Å². The van der Waals surface area contributed by atoms with E-state index in [1.165, 1.54) is 38.6 Å². The normalized spacial score (nSPS) is 20.9. The smallest absolute Gasteiger partial charge is 0.191 e. The second-order valence-corrected chi connectivity index (χ2v) is 8.42. The highest BCUT2D eigenvalue weighted by Gasteiger charge is 2.30. The number of rotatable bonds is 7. The van der Waals surface area contributed by atoms with E-state index in [9.17, 15) is 4.39 Å². The molecule has 0 spiro atoms. The van der Waals surface area contributed by atoms with Crippen LogP contribution in [0.25, 0.3) is 0 Å². The molecule has 2 fully saturated rings. The van der Waals surface area contributed by atoms with Crippen molar-refractivity contribution in [3.05, 3.63) is 35.1 Å². The topological polar surface area (TPSA) is 42.9 Å². The Morgan fingerprint density at radius 2 is 2.00 bits per heavy atom. The first-order chi connectivity index (χ1) is 13.5. The maximum atomic E-state index is 14.0. The van der Waals surface area contributed by atoms with Gasteiger partial charge >= 0.3 is 0 Å². The molecule has 1 atom stereocenters. The van der Waals surface area contributed by atoms with Crippen LogP contribution in [0.5, 0.6) is 0 Å². The van der Waals surface area contributed by atoms with Gasteiger partial charge in [0.1, 0.15) is 5.82 Å². The summed E-state index contributed by atoms with van der Waals surface area (Å²) in [7, 11) is 3.90. The van der Waals surface area contributed by atoms with E-state index in [1.54, 1.807) is 6.07 Å². The predicted molar refractivity (Wildman–Crippen MR) is 129 cm³/mol. The van der Waals surface area contributed by atoms with Gasteiger partial charge in [0, 0.05) is 43.8 Å². The molecule has 1 saturated heterocycles. The molecule has 1 aromatic rings. The Morgan fingerprint density at radius 3 is 2.69 bits per heavy atom. The lowest BCUT2D eigenvalue weighted by molar-refractivity contribution is 0.242. The van der Waals surface area contributed by atoms with E-state index in [2.05, 4.69) is 22.5 Å². The fourth-order valence-electron chi connectivity index (χ4n) is 4.38. The van der Waals surface area contributed by atoms with Crippen LogP contribution in [0.2, 0.25) is 0 Å². The van der Waals surface area contributed by atoms with Crippen molar-refractivity contribution in [1.29, 1.82) is 0 Å². The zero-order valence-electron chi connectivity index (χ0n) is 18.1.